The van der Waals surface area contributed by atoms with Crippen molar-refractivity contribution in [1.29, 1.82) is 0 Å². The summed E-state index contributed by atoms with van der Waals surface area (Å²) in [6, 6.07) is 7.70. The maximum atomic E-state index is 5.51. The van der Waals surface area contributed by atoms with Crippen molar-refractivity contribution in [3.8, 4) is 5.75 Å². The summed E-state index contributed by atoms with van der Waals surface area (Å²) in [5.41, 5.74) is 7.20. The monoisotopic (exact) mass is 194 g/mol. The first-order valence-corrected chi connectivity index (χ1v) is 4.87. The van der Waals surface area contributed by atoms with Gasteiger partial charge in [-0.3, -0.25) is 0 Å². The van der Waals surface area contributed by atoms with Crippen molar-refractivity contribution < 1.29 is 4.74 Å². The number of nitrogens with two attached hydrogens (primary N) is 1. The van der Waals surface area contributed by atoms with Crippen molar-refractivity contribution in [2.75, 3.05) is 11.9 Å². The van der Waals surface area contributed by atoms with Gasteiger partial charge >= 0.3 is 0 Å². The highest BCUT2D eigenvalue weighted by atomic mass is 28.1. The Balaban J connectivity index is 2.64. The van der Waals surface area contributed by atoms with E-state index < -0.39 is 0 Å². The van der Waals surface area contributed by atoms with Crippen LogP contribution in [0.15, 0.2) is 24.3 Å². The Morgan fingerprint density at radius 2 is 2.08 bits per heavy atom. The lowest BCUT2D eigenvalue weighted by Crippen LogP contribution is -2.22. The summed E-state index contributed by atoms with van der Waals surface area (Å²) in [7, 11) is 1.62. The van der Waals surface area contributed by atoms with Crippen molar-refractivity contribution in [2.24, 2.45) is 5.73 Å². The van der Waals surface area contributed by atoms with E-state index in [1.807, 2.05) is 31.2 Å². The van der Waals surface area contributed by atoms with Crippen LogP contribution in [-0.2, 0) is 0 Å². The fourth-order valence-corrected chi connectivity index (χ4v) is 1.19. The molecule has 0 aromatic heterocycles. The van der Waals surface area contributed by atoms with Gasteiger partial charge in [0.25, 0.3) is 0 Å². The fourth-order valence-electron chi connectivity index (χ4n) is 0.987. The summed E-state index contributed by atoms with van der Waals surface area (Å²) in [6.07, 6.45) is 0. The largest absolute Gasteiger partial charge is 0.494 e. The molecule has 0 heterocycles. The van der Waals surface area contributed by atoms with Crippen LogP contribution in [0.3, 0.4) is 0 Å². The minimum absolute atomic E-state index is 0.691. The van der Waals surface area contributed by atoms with Gasteiger partial charge in [0.15, 0.2) is 0 Å². The molecule has 0 spiro atoms. The number of ether oxygens (including phenoxy) is 1. The molecule has 1 aromatic carbocycles. The first kappa shape index (κ1) is 9.79. The molecule has 0 bridgehead atoms. The average molecular weight is 194 g/mol. The molecular weight excluding hydrogens is 180 g/mol. The normalized spacial score (nSPS) is 9.31. The molecule has 0 aliphatic heterocycles. The van der Waals surface area contributed by atoms with E-state index in [4.69, 9.17) is 10.5 Å². The third-order valence-electron chi connectivity index (χ3n) is 1.47. The number of hydrogen-bond donors (Lipinski definition) is 2. The number of benzene rings is 1. The smallest absolute Gasteiger partial charge is 0.119 e. The van der Waals surface area contributed by atoms with Crippen LogP contribution in [0.2, 0.25) is 0 Å². The number of anilines is 1. The van der Waals surface area contributed by atoms with Crippen LogP contribution >= 0.6 is 0 Å². The van der Waals surface area contributed by atoms with Gasteiger partial charge in [-0.25, -0.2) is 0 Å². The Hall–Kier alpha value is -1.29. The zero-order chi connectivity index (χ0) is 9.68. The van der Waals surface area contributed by atoms with Gasteiger partial charge in [0.2, 0.25) is 0 Å². The molecule has 0 saturated heterocycles. The Bertz CT molecular complexity index is 284. The molecule has 0 saturated carbocycles. The molecule has 4 heteroatoms. The van der Waals surface area contributed by atoms with Crippen LogP contribution in [0.4, 0.5) is 5.69 Å². The van der Waals surface area contributed by atoms with E-state index in [0.29, 0.717) is 12.0 Å². The number of rotatable bonds is 4. The summed E-state index contributed by atoms with van der Waals surface area (Å²) in [4.78, 5) is 0. The molecule has 3 N–H and O–H groups in total. The lowest BCUT2D eigenvalue weighted by Gasteiger charge is -2.06. The molecule has 0 fully saturated rings. The lowest BCUT2D eigenvalue weighted by atomic mass is 10.3. The van der Waals surface area contributed by atoms with E-state index in [0.717, 1.165) is 11.4 Å². The quantitative estimate of drug-likeness (QED) is 0.672. The van der Waals surface area contributed by atoms with Crippen molar-refractivity contribution >= 4 is 21.0 Å². The van der Waals surface area contributed by atoms with Gasteiger partial charge in [0.1, 0.15) is 5.75 Å². The first-order valence-electron chi connectivity index (χ1n) is 4.16. The van der Waals surface area contributed by atoms with Gasteiger partial charge in [0.05, 0.1) is 12.0 Å². The van der Waals surface area contributed by atoms with Crippen LogP contribution in [-0.4, -0.2) is 21.9 Å². The van der Waals surface area contributed by atoms with E-state index in [1.165, 1.54) is 0 Å². The zero-order valence-electron chi connectivity index (χ0n) is 7.71. The Kier molecular flexibility index (Phi) is 3.51. The molecule has 0 radical (unpaired) electrons. The van der Waals surface area contributed by atoms with Crippen LogP contribution in [0, 0.1) is 0 Å². The third kappa shape index (κ3) is 3.29. The molecule has 3 nitrogen and oxygen atoms in total. The predicted octanol–water partition coefficient (Wildman–Crippen LogP) is 0.176. The van der Waals surface area contributed by atoms with Crippen LogP contribution in [0.25, 0.3) is 0 Å². The van der Waals surface area contributed by atoms with Gasteiger partial charge in [-0.05, 0) is 31.2 Å². The molecule has 0 atom stereocenters. The first-order chi connectivity index (χ1) is 6.22. The molecular formula is C9H14N2OSi. The van der Waals surface area contributed by atoms with Crippen LogP contribution in [0.1, 0.15) is 6.92 Å². The Morgan fingerprint density at radius 1 is 1.46 bits per heavy atom. The summed E-state index contributed by atoms with van der Waals surface area (Å²) in [6.45, 7) is 2.65. The summed E-state index contributed by atoms with van der Waals surface area (Å²) in [5.74, 6) is 0.880. The molecule has 0 aliphatic rings. The zero-order valence-corrected chi connectivity index (χ0v) is 9.12. The van der Waals surface area contributed by atoms with Gasteiger partial charge in [-0.15, -0.1) is 0 Å². The minimum Gasteiger partial charge on any atom is -0.494 e. The SMILES string of the molecule is CCOc1ccc(NC(N)=[SiH2])cc1. The van der Waals surface area contributed by atoms with E-state index in [9.17, 15) is 0 Å². The second kappa shape index (κ2) is 4.66. The molecule has 0 amide bonds. The van der Waals surface area contributed by atoms with Gasteiger partial charge in [-0.2, -0.15) is 0 Å². The van der Waals surface area contributed by atoms with E-state index in [2.05, 4.69) is 5.32 Å². The van der Waals surface area contributed by atoms with E-state index in [1.54, 1.807) is 9.85 Å². The second-order valence-corrected chi connectivity index (χ2v) is 3.37. The summed E-state index contributed by atoms with van der Waals surface area (Å²) in [5, 5.41) is 3.03. The summed E-state index contributed by atoms with van der Waals surface area (Å²) < 4.78 is 5.30. The minimum atomic E-state index is 0.691. The van der Waals surface area contributed by atoms with Gasteiger partial charge in [0, 0.05) is 15.5 Å². The average Bonchev–Trinajstić information content (AvgIpc) is 2.08. The molecule has 0 unspecified atom stereocenters. The highest BCUT2D eigenvalue weighted by Crippen LogP contribution is 2.14. The second-order valence-electron chi connectivity index (χ2n) is 2.61. The van der Waals surface area contributed by atoms with Crippen molar-refractivity contribution in [2.45, 2.75) is 6.92 Å². The number of hydrogen-bond acceptors (Lipinski definition) is 3. The molecule has 13 heavy (non-hydrogen) atoms. The standard InChI is InChI=1S/C9H14N2OSi/c1-2-12-8-5-3-7(4-6-8)11-9(10)13/h3-6,11H,2,10,13H2,1H3. The predicted molar refractivity (Wildman–Crippen MR) is 59.0 cm³/mol. The molecule has 0 aliphatic carbocycles. The lowest BCUT2D eigenvalue weighted by molar-refractivity contribution is 0.340. The topological polar surface area (TPSA) is 47.3 Å². The van der Waals surface area contributed by atoms with Gasteiger partial charge < -0.3 is 15.8 Å². The highest BCUT2D eigenvalue weighted by Gasteiger charge is 1.93. The highest BCUT2D eigenvalue weighted by molar-refractivity contribution is 6.39. The van der Waals surface area contributed by atoms with E-state index >= 15 is 0 Å². The molecule has 70 valence electrons. The maximum Gasteiger partial charge on any atom is 0.119 e. The Labute approximate surface area is 80.9 Å². The van der Waals surface area contributed by atoms with Crippen LogP contribution in [0.5, 0.6) is 5.75 Å². The van der Waals surface area contributed by atoms with Crippen molar-refractivity contribution in [3.63, 3.8) is 0 Å². The van der Waals surface area contributed by atoms with Crippen molar-refractivity contribution in [1.82, 2.24) is 0 Å². The van der Waals surface area contributed by atoms with E-state index in [-0.39, 0.29) is 0 Å². The van der Waals surface area contributed by atoms with Gasteiger partial charge in [-0.1, -0.05) is 0 Å². The Morgan fingerprint density at radius 3 is 2.54 bits per heavy atom. The van der Waals surface area contributed by atoms with Crippen molar-refractivity contribution in [3.05, 3.63) is 24.3 Å². The summed E-state index contributed by atoms with van der Waals surface area (Å²) >= 11 is 0. The fraction of sp³-hybridized carbons (Fsp3) is 0.222. The van der Waals surface area contributed by atoms with Crippen LogP contribution < -0.4 is 15.8 Å². The molecule has 1 rings (SSSR count). The maximum absolute atomic E-state index is 5.51. The molecule has 1 aromatic rings. The number of nitrogens with one attached hydrogen (secondary N) is 1. The third-order valence-corrected chi connectivity index (χ3v) is 1.65.